The summed E-state index contributed by atoms with van der Waals surface area (Å²) >= 11 is 3.90. The Labute approximate surface area is 117 Å². The molecule has 1 aromatic carbocycles. The van der Waals surface area contributed by atoms with Crippen molar-refractivity contribution in [1.29, 1.82) is 0 Å². The molecule has 104 valence electrons. The lowest BCUT2D eigenvalue weighted by molar-refractivity contribution is -0.129. The van der Waals surface area contributed by atoms with E-state index < -0.39 is 11.7 Å². The van der Waals surface area contributed by atoms with Crippen LogP contribution < -0.4 is 5.32 Å². The van der Waals surface area contributed by atoms with E-state index in [0.29, 0.717) is 13.1 Å². The molecule has 0 radical (unpaired) electrons. The van der Waals surface area contributed by atoms with Gasteiger partial charge in [-0.1, -0.05) is 0 Å². The smallest absolute Gasteiger partial charge is 0.251 e. The zero-order valence-corrected chi connectivity index (χ0v) is 11.8. The molecule has 0 saturated heterocycles. The van der Waals surface area contributed by atoms with Gasteiger partial charge in [-0.2, -0.15) is 0 Å². The Morgan fingerprint density at radius 1 is 1.32 bits per heavy atom. The molecule has 0 bridgehead atoms. The van der Waals surface area contributed by atoms with Crippen molar-refractivity contribution in [3.05, 3.63) is 29.6 Å². The fourth-order valence-corrected chi connectivity index (χ4v) is 1.81. The summed E-state index contributed by atoms with van der Waals surface area (Å²) in [5.74, 6) is -1.05. The van der Waals surface area contributed by atoms with Gasteiger partial charge in [-0.3, -0.25) is 9.59 Å². The van der Waals surface area contributed by atoms with Crippen molar-refractivity contribution in [2.75, 3.05) is 19.6 Å². The van der Waals surface area contributed by atoms with Gasteiger partial charge < -0.3 is 10.2 Å². The predicted octanol–water partition coefficient (Wildman–Crippen LogP) is 1.71. The van der Waals surface area contributed by atoms with Gasteiger partial charge >= 0.3 is 0 Å². The average Bonchev–Trinajstić information content (AvgIpc) is 2.40. The van der Waals surface area contributed by atoms with Gasteiger partial charge in [0.05, 0.1) is 6.54 Å². The molecule has 1 rings (SSSR count). The second kappa shape index (κ2) is 7.13. The van der Waals surface area contributed by atoms with Crippen molar-refractivity contribution in [2.45, 2.75) is 18.7 Å². The minimum absolute atomic E-state index is 0.0696. The van der Waals surface area contributed by atoms with Crippen molar-refractivity contribution in [1.82, 2.24) is 10.2 Å². The number of rotatable bonds is 5. The summed E-state index contributed by atoms with van der Waals surface area (Å²) in [6.07, 6.45) is 0. The van der Waals surface area contributed by atoms with Crippen LogP contribution in [0.2, 0.25) is 0 Å². The second-order valence-electron chi connectivity index (χ2n) is 3.91. The highest BCUT2D eigenvalue weighted by atomic mass is 32.1. The maximum atomic E-state index is 13.0. The van der Waals surface area contributed by atoms with Crippen LogP contribution in [-0.4, -0.2) is 36.3 Å². The van der Waals surface area contributed by atoms with Gasteiger partial charge in [0.2, 0.25) is 5.91 Å². The Kier molecular flexibility index (Phi) is 5.82. The van der Waals surface area contributed by atoms with Crippen LogP contribution in [0.1, 0.15) is 24.2 Å². The molecule has 2 amide bonds. The molecule has 0 heterocycles. The minimum Gasteiger partial charge on any atom is -0.343 e. The van der Waals surface area contributed by atoms with E-state index >= 15 is 0 Å². The summed E-state index contributed by atoms with van der Waals surface area (Å²) in [6.45, 7) is 4.87. The summed E-state index contributed by atoms with van der Waals surface area (Å²) in [7, 11) is 0. The zero-order chi connectivity index (χ0) is 14.4. The van der Waals surface area contributed by atoms with Gasteiger partial charge in [0, 0.05) is 23.5 Å². The Morgan fingerprint density at radius 3 is 2.47 bits per heavy atom. The van der Waals surface area contributed by atoms with Gasteiger partial charge in [0.1, 0.15) is 5.82 Å². The molecule has 0 aromatic heterocycles. The molecule has 0 atom stereocenters. The third kappa shape index (κ3) is 4.24. The van der Waals surface area contributed by atoms with Gasteiger partial charge in [-0.25, -0.2) is 4.39 Å². The molecular formula is C13H17FN2O2S. The molecule has 0 spiro atoms. The van der Waals surface area contributed by atoms with E-state index in [4.69, 9.17) is 0 Å². The number of carbonyl (C=O) groups is 2. The summed E-state index contributed by atoms with van der Waals surface area (Å²) in [5.41, 5.74) is 0.277. The molecule has 0 fully saturated rings. The molecular weight excluding hydrogens is 267 g/mol. The Morgan fingerprint density at radius 2 is 1.95 bits per heavy atom. The SMILES string of the molecule is CCN(CC)C(=O)CNC(=O)c1ccc(F)c(S)c1. The van der Waals surface area contributed by atoms with E-state index in [-0.39, 0.29) is 22.9 Å². The first kappa shape index (κ1) is 15.5. The second-order valence-corrected chi connectivity index (χ2v) is 4.40. The number of hydrogen-bond donors (Lipinski definition) is 2. The summed E-state index contributed by atoms with van der Waals surface area (Å²) in [5, 5.41) is 2.51. The quantitative estimate of drug-likeness (QED) is 0.809. The van der Waals surface area contributed by atoms with Gasteiger partial charge in [-0.15, -0.1) is 12.6 Å². The number of carbonyl (C=O) groups excluding carboxylic acids is 2. The van der Waals surface area contributed by atoms with E-state index in [9.17, 15) is 14.0 Å². The van der Waals surface area contributed by atoms with E-state index in [1.807, 2.05) is 13.8 Å². The lowest BCUT2D eigenvalue weighted by atomic mass is 10.2. The summed E-state index contributed by atoms with van der Waals surface area (Å²) < 4.78 is 13.0. The molecule has 0 aliphatic heterocycles. The van der Waals surface area contributed by atoms with Crippen molar-refractivity contribution in [3.63, 3.8) is 0 Å². The Balaban J connectivity index is 2.60. The van der Waals surface area contributed by atoms with Crippen LogP contribution in [0, 0.1) is 5.82 Å². The standard InChI is InChI=1S/C13H17FN2O2S/c1-3-16(4-2)12(17)8-15-13(18)9-5-6-10(14)11(19)7-9/h5-7,19H,3-4,8H2,1-2H3,(H,15,18). The van der Waals surface area contributed by atoms with E-state index in [0.717, 1.165) is 0 Å². The zero-order valence-electron chi connectivity index (χ0n) is 10.9. The van der Waals surface area contributed by atoms with Crippen molar-refractivity contribution in [2.24, 2.45) is 0 Å². The molecule has 1 N–H and O–H groups in total. The van der Waals surface area contributed by atoms with E-state index in [2.05, 4.69) is 17.9 Å². The number of hydrogen-bond acceptors (Lipinski definition) is 3. The van der Waals surface area contributed by atoms with Gasteiger partial charge in [0.25, 0.3) is 5.91 Å². The molecule has 0 unspecified atom stereocenters. The van der Waals surface area contributed by atoms with Gasteiger partial charge in [-0.05, 0) is 32.0 Å². The number of amides is 2. The number of nitrogens with zero attached hydrogens (tertiary/aromatic N) is 1. The van der Waals surface area contributed by atoms with E-state index in [1.54, 1.807) is 4.90 Å². The highest BCUT2D eigenvalue weighted by Crippen LogP contribution is 2.13. The summed E-state index contributed by atoms with van der Waals surface area (Å²) in [4.78, 5) is 25.2. The van der Waals surface area contributed by atoms with Crippen molar-refractivity contribution in [3.8, 4) is 0 Å². The van der Waals surface area contributed by atoms with Crippen LogP contribution in [0.3, 0.4) is 0 Å². The molecule has 0 aliphatic rings. The fourth-order valence-electron chi connectivity index (χ4n) is 1.60. The first-order valence-corrected chi connectivity index (χ1v) is 6.48. The van der Waals surface area contributed by atoms with E-state index in [1.165, 1.54) is 18.2 Å². The third-order valence-electron chi connectivity index (χ3n) is 2.72. The highest BCUT2D eigenvalue weighted by molar-refractivity contribution is 7.80. The maximum Gasteiger partial charge on any atom is 0.251 e. The first-order chi connectivity index (χ1) is 8.99. The Bertz CT molecular complexity index is 476. The van der Waals surface area contributed by atoms with Crippen LogP contribution in [0.4, 0.5) is 4.39 Å². The highest BCUT2D eigenvalue weighted by Gasteiger charge is 2.12. The maximum absolute atomic E-state index is 13.0. The number of nitrogens with one attached hydrogen (secondary N) is 1. The normalized spacial score (nSPS) is 10.1. The predicted molar refractivity (Wildman–Crippen MR) is 73.9 cm³/mol. The monoisotopic (exact) mass is 284 g/mol. The lowest BCUT2D eigenvalue weighted by Gasteiger charge is -2.18. The Hall–Kier alpha value is -1.56. The van der Waals surface area contributed by atoms with Crippen molar-refractivity contribution >= 4 is 24.4 Å². The van der Waals surface area contributed by atoms with Crippen LogP contribution in [0.25, 0.3) is 0 Å². The van der Waals surface area contributed by atoms with Gasteiger partial charge in [0.15, 0.2) is 0 Å². The molecule has 0 aliphatic carbocycles. The molecule has 6 heteroatoms. The molecule has 1 aromatic rings. The first-order valence-electron chi connectivity index (χ1n) is 6.04. The molecule has 19 heavy (non-hydrogen) atoms. The number of thiol groups is 1. The number of benzene rings is 1. The lowest BCUT2D eigenvalue weighted by Crippen LogP contribution is -2.40. The largest absolute Gasteiger partial charge is 0.343 e. The average molecular weight is 284 g/mol. The van der Waals surface area contributed by atoms with Crippen LogP contribution >= 0.6 is 12.6 Å². The number of halogens is 1. The molecule has 0 saturated carbocycles. The fraction of sp³-hybridized carbons (Fsp3) is 0.385. The van der Waals surface area contributed by atoms with Crippen molar-refractivity contribution < 1.29 is 14.0 Å². The number of likely N-dealkylation sites (N-methyl/N-ethyl adjacent to an activating group) is 1. The van der Waals surface area contributed by atoms with Crippen LogP contribution in [-0.2, 0) is 4.79 Å². The minimum atomic E-state index is -0.487. The van der Waals surface area contributed by atoms with Crippen LogP contribution in [0.5, 0.6) is 0 Å². The molecule has 4 nitrogen and oxygen atoms in total. The summed E-state index contributed by atoms with van der Waals surface area (Å²) in [6, 6.07) is 3.85. The third-order valence-corrected chi connectivity index (χ3v) is 3.07. The van der Waals surface area contributed by atoms with Crippen LogP contribution in [0.15, 0.2) is 23.1 Å². The topological polar surface area (TPSA) is 49.4 Å².